The highest BCUT2D eigenvalue weighted by Gasteiger charge is 2.24. The Bertz CT molecular complexity index is 934. The minimum atomic E-state index is -3.39. The fourth-order valence-corrected chi connectivity index (χ4v) is 4.15. The molecule has 0 spiro atoms. The Kier molecular flexibility index (Phi) is 4.56. The maximum Gasteiger partial charge on any atom is 0.177 e. The molecular weight excluding hydrogens is 338 g/mol. The molecule has 1 aliphatic heterocycles. The topological polar surface area (TPSA) is 63.7 Å². The Morgan fingerprint density at radius 3 is 2.60 bits per heavy atom. The van der Waals surface area contributed by atoms with Crippen LogP contribution in [0.2, 0.25) is 0 Å². The molecule has 0 aromatic heterocycles. The van der Waals surface area contributed by atoms with Gasteiger partial charge >= 0.3 is 0 Å². The number of Topliss-reactive ketones (excluding diaryl/α,β-unsaturated/α-hetero) is 1. The lowest BCUT2D eigenvalue weighted by atomic mass is 9.98. The fraction of sp³-hybridized carbons (Fsp3) is 0.316. The van der Waals surface area contributed by atoms with E-state index in [0.717, 1.165) is 23.3 Å². The fourth-order valence-electron chi connectivity index (χ4n) is 3.27. The zero-order chi connectivity index (χ0) is 18.2. The van der Waals surface area contributed by atoms with Crippen molar-refractivity contribution in [1.82, 2.24) is 0 Å². The molecule has 132 valence electrons. The van der Waals surface area contributed by atoms with Gasteiger partial charge in [0.15, 0.2) is 15.6 Å². The number of benzene rings is 2. The summed E-state index contributed by atoms with van der Waals surface area (Å²) in [7, 11) is -1.74. The minimum absolute atomic E-state index is 0.0830. The molecular formula is C19H21NO4S. The number of sulfone groups is 1. The summed E-state index contributed by atoms with van der Waals surface area (Å²) in [6.45, 7) is 2.73. The molecule has 1 aliphatic rings. The number of carbonyl (C=O) groups excluding carboxylic acids is 1. The van der Waals surface area contributed by atoms with Crippen LogP contribution in [0.5, 0.6) is 5.75 Å². The van der Waals surface area contributed by atoms with Gasteiger partial charge in [0, 0.05) is 30.5 Å². The Balaban J connectivity index is 2.07. The van der Waals surface area contributed by atoms with Crippen molar-refractivity contribution in [2.24, 2.45) is 0 Å². The van der Waals surface area contributed by atoms with E-state index < -0.39 is 9.84 Å². The maximum atomic E-state index is 12.2. The summed E-state index contributed by atoms with van der Waals surface area (Å²) in [5.41, 5.74) is 3.37. The molecule has 0 fully saturated rings. The molecule has 0 amide bonds. The van der Waals surface area contributed by atoms with Crippen LogP contribution in [0, 0.1) is 0 Å². The first-order valence-corrected chi connectivity index (χ1v) is 9.95. The minimum Gasteiger partial charge on any atom is -0.496 e. The number of carbonyl (C=O) groups is 1. The van der Waals surface area contributed by atoms with E-state index >= 15 is 0 Å². The lowest BCUT2D eigenvalue weighted by molar-refractivity contribution is 0.101. The van der Waals surface area contributed by atoms with Crippen molar-refractivity contribution in [3.8, 4) is 5.75 Å². The molecule has 0 N–H and O–H groups in total. The van der Waals surface area contributed by atoms with Crippen LogP contribution in [0.1, 0.15) is 28.4 Å². The number of hydrogen-bond acceptors (Lipinski definition) is 5. The Hall–Kier alpha value is -2.34. The first-order chi connectivity index (χ1) is 11.8. The van der Waals surface area contributed by atoms with E-state index in [-0.39, 0.29) is 10.7 Å². The number of ether oxygens (including phenoxy) is 1. The number of hydrogen-bond donors (Lipinski definition) is 0. The Morgan fingerprint density at radius 1 is 1.20 bits per heavy atom. The molecule has 0 saturated heterocycles. The zero-order valence-electron chi connectivity index (χ0n) is 14.6. The van der Waals surface area contributed by atoms with Crippen LogP contribution in [0.25, 0.3) is 0 Å². The molecule has 0 bridgehead atoms. The molecule has 6 heteroatoms. The van der Waals surface area contributed by atoms with Crippen molar-refractivity contribution in [3.63, 3.8) is 0 Å². The summed E-state index contributed by atoms with van der Waals surface area (Å²) in [5.74, 6) is 0.776. The van der Waals surface area contributed by atoms with E-state index in [2.05, 4.69) is 0 Å². The lowest BCUT2D eigenvalue weighted by Gasteiger charge is -2.32. The summed E-state index contributed by atoms with van der Waals surface area (Å²) in [5, 5.41) is 0. The SMILES string of the molecule is COc1cccc2c1CCN(c1cc(C(C)=O)ccc1S(C)(=O)=O)C2. The van der Waals surface area contributed by atoms with Crippen LogP contribution in [-0.4, -0.2) is 34.1 Å². The van der Waals surface area contributed by atoms with Gasteiger partial charge in [-0.2, -0.15) is 0 Å². The van der Waals surface area contributed by atoms with Gasteiger partial charge in [0.25, 0.3) is 0 Å². The number of nitrogens with zero attached hydrogens (tertiary/aromatic N) is 1. The summed E-state index contributed by atoms with van der Waals surface area (Å²) >= 11 is 0. The highest BCUT2D eigenvalue weighted by molar-refractivity contribution is 7.90. The summed E-state index contributed by atoms with van der Waals surface area (Å²) < 4.78 is 29.8. The third kappa shape index (κ3) is 3.39. The Labute approximate surface area is 148 Å². The van der Waals surface area contributed by atoms with Gasteiger partial charge in [0.2, 0.25) is 0 Å². The predicted molar refractivity (Wildman–Crippen MR) is 97.3 cm³/mol. The van der Waals surface area contributed by atoms with Crippen molar-refractivity contribution >= 4 is 21.3 Å². The second kappa shape index (κ2) is 6.52. The lowest BCUT2D eigenvalue weighted by Crippen LogP contribution is -2.31. The molecule has 0 aliphatic carbocycles. The van der Waals surface area contributed by atoms with E-state index in [1.165, 1.54) is 19.2 Å². The molecule has 2 aromatic rings. The number of rotatable bonds is 4. The van der Waals surface area contributed by atoms with Crippen molar-refractivity contribution in [3.05, 3.63) is 53.1 Å². The van der Waals surface area contributed by atoms with Crippen molar-refractivity contribution in [2.45, 2.75) is 24.8 Å². The summed E-state index contributed by atoms with van der Waals surface area (Å²) in [6, 6.07) is 10.7. The molecule has 2 aromatic carbocycles. The van der Waals surface area contributed by atoms with Crippen LogP contribution in [0.15, 0.2) is 41.3 Å². The third-order valence-electron chi connectivity index (χ3n) is 4.55. The van der Waals surface area contributed by atoms with Crippen LogP contribution in [0.4, 0.5) is 5.69 Å². The number of methoxy groups -OCH3 is 1. The number of ketones is 1. The van der Waals surface area contributed by atoms with Crippen LogP contribution >= 0.6 is 0 Å². The average molecular weight is 359 g/mol. The van der Waals surface area contributed by atoms with Crippen molar-refractivity contribution in [2.75, 3.05) is 24.8 Å². The van der Waals surface area contributed by atoms with Crippen LogP contribution in [-0.2, 0) is 22.8 Å². The summed E-state index contributed by atoms with van der Waals surface area (Å²) in [4.78, 5) is 14.0. The first kappa shape index (κ1) is 17.5. The average Bonchev–Trinajstić information content (AvgIpc) is 2.59. The number of anilines is 1. The van der Waals surface area contributed by atoms with Gasteiger partial charge in [0.05, 0.1) is 17.7 Å². The molecule has 0 unspecified atom stereocenters. The van der Waals surface area contributed by atoms with Crippen LogP contribution < -0.4 is 9.64 Å². The molecule has 1 heterocycles. The smallest absolute Gasteiger partial charge is 0.177 e. The van der Waals surface area contributed by atoms with Gasteiger partial charge in [-0.25, -0.2) is 8.42 Å². The highest BCUT2D eigenvalue weighted by atomic mass is 32.2. The van der Waals surface area contributed by atoms with E-state index in [4.69, 9.17) is 4.74 Å². The van der Waals surface area contributed by atoms with E-state index in [1.54, 1.807) is 19.2 Å². The highest BCUT2D eigenvalue weighted by Crippen LogP contribution is 2.34. The quantitative estimate of drug-likeness (QED) is 0.786. The maximum absolute atomic E-state index is 12.2. The molecule has 0 saturated carbocycles. The van der Waals surface area contributed by atoms with Gasteiger partial charge in [-0.1, -0.05) is 12.1 Å². The monoisotopic (exact) mass is 359 g/mol. The second-order valence-corrected chi connectivity index (χ2v) is 8.26. The molecule has 3 rings (SSSR count). The van der Waals surface area contributed by atoms with Gasteiger partial charge in [-0.05, 0) is 43.2 Å². The normalized spacial score (nSPS) is 14.1. The molecule has 25 heavy (non-hydrogen) atoms. The van der Waals surface area contributed by atoms with Gasteiger partial charge in [0.1, 0.15) is 5.75 Å². The molecule has 0 atom stereocenters. The first-order valence-electron chi connectivity index (χ1n) is 8.06. The second-order valence-electron chi connectivity index (χ2n) is 6.28. The zero-order valence-corrected chi connectivity index (χ0v) is 15.4. The van der Waals surface area contributed by atoms with E-state index in [0.29, 0.717) is 24.3 Å². The molecule has 5 nitrogen and oxygen atoms in total. The van der Waals surface area contributed by atoms with Crippen LogP contribution in [0.3, 0.4) is 0 Å². The standard InChI is InChI=1S/C19H21NO4S/c1-13(21)14-7-8-19(25(3,22)23)17(11-14)20-10-9-16-15(12-20)5-4-6-18(16)24-2/h4-8,11H,9-10,12H2,1-3H3. The summed E-state index contributed by atoms with van der Waals surface area (Å²) in [6.07, 6.45) is 1.95. The predicted octanol–water partition coefficient (Wildman–Crippen LogP) is 2.86. The number of fused-ring (bicyclic) bond motifs is 1. The molecule has 0 radical (unpaired) electrons. The van der Waals surface area contributed by atoms with Gasteiger partial charge < -0.3 is 9.64 Å². The Morgan fingerprint density at radius 2 is 1.96 bits per heavy atom. The van der Waals surface area contributed by atoms with Gasteiger partial charge in [-0.3, -0.25) is 4.79 Å². The van der Waals surface area contributed by atoms with Crippen molar-refractivity contribution in [1.29, 1.82) is 0 Å². The largest absolute Gasteiger partial charge is 0.496 e. The van der Waals surface area contributed by atoms with E-state index in [9.17, 15) is 13.2 Å². The van der Waals surface area contributed by atoms with Crippen molar-refractivity contribution < 1.29 is 17.9 Å². The van der Waals surface area contributed by atoms with E-state index in [1.807, 2.05) is 23.1 Å². The third-order valence-corrected chi connectivity index (χ3v) is 5.69. The van der Waals surface area contributed by atoms with Gasteiger partial charge in [-0.15, -0.1) is 0 Å².